The molecule has 0 unspecified atom stereocenters. The molecule has 96 valence electrons. The lowest BCUT2D eigenvalue weighted by Crippen LogP contribution is -2.49. The van der Waals surface area contributed by atoms with Gasteiger partial charge >= 0.3 is 0 Å². The number of rotatable bonds is 7. The maximum atomic E-state index is 11.7. The predicted molar refractivity (Wildman–Crippen MR) is 66.2 cm³/mol. The molecule has 0 bridgehead atoms. The van der Waals surface area contributed by atoms with Crippen LogP contribution in [0.2, 0.25) is 0 Å². The average molecular weight is 230 g/mol. The van der Waals surface area contributed by atoms with E-state index in [9.17, 15) is 4.79 Å². The fraction of sp³-hybridized carbons (Fsp3) is 0.909. The van der Waals surface area contributed by atoms with E-state index >= 15 is 0 Å². The van der Waals surface area contributed by atoms with Crippen LogP contribution in [0.1, 0.15) is 27.7 Å². The highest BCUT2D eigenvalue weighted by atomic mass is 16.2. The minimum absolute atomic E-state index is 0.0521. The van der Waals surface area contributed by atoms with Crippen LogP contribution >= 0.6 is 0 Å². The van der Waals surface area contributed by atoms with Crippen LogP contribution in [-0.4, -0.2) is 42.6 Å². The van der Waals surface area contributed by atoms with Gasteiger partial charge in [-0.1, -0.05) is 27.7 Å². The Morgan fingerprint density at radius 2 is 1.69 bits per heavy atom. The maximum absolute atomic E-state index is 11.7. The molecule has 0 saturated heterocycles. The number of nitrogens with two attached hydrogens (primary N) is 1. The molecule has 0 spiro atoms. The Morgan fingerprint density at radius 3 is 2.06 bits per heavy atom. The van der Waals surface area contributed by atoms with E-state index in [0.717, 1.165) is 6.54 Å². The number of carbonyl (C=O) groups is 1. The monoisotopic (exact) mass is 230 g/mol. The molecule has 0 aliphatic rings. The van der Waals surface area contributed by atoms with Crippen molar-refractivity contribution in [3.8, 4) is 0 Å². The van der Waals surface area contributed by atoms with Gasteiger partial charge in [-0.25, -0.2) is 10.9 Å². The number of carbonyl (C=O) groups excluding carboxylic acids is 1. The van der Waals surface area contributed by atoms with E-state index in [2.05, 4.69) is 19.3 Å². The third-order valence-corrected chi connectivity index (χ3v) is 2.11. The van der Waals surface area contributed by atoms with E-state index in [1.54, 1.807) is 0 Å². The molecule has 0 heterocycles. The Labute approximate surface area is 98.9 Å². The van der Waals surface area contributed by atoms with E-state index in [1.807, 2.05) is 25.9 Å². The Kier molecular flexibility index (Phi) is 7.29. The number of nitrogens with one attached hydrogen (secondary N) is 1. The van der Waals surface area contributed by atoms with Crippen LogP contribution in [0.15, 0.2) is 0 Å². The van der Waals surface area contributed by atoms with Crippen LogP contribution < -0.4 is 11.3 Å². The molecule has 3 N–H and O–H groups in total. The number of nitrogens with zero attached hydrogens (tertiary/aromatic N) is 2. The van der Waals surface area contributed by atoms with Crippen LogP contribution in [0, 0.1) is 11.8 Å². The van der Waals surface area contributed by atoms with Gasteiger partial charge in [0.15, 0.2) is 0 Å². The molecule has 5 nitrogen and oxygen atoms in total. The van der Waals surface area contributed by atoms with Crippen molar-refractivity contribution in [2.24, 2.45) is 17.7 Å². The van der Waals surface area contributed by atoms with E-state index in [-0.39, 0.29) is 5.91 Å². The summed E-state index contributed by atoms with van der Waals surface area (Å²) < 4.78 is 0. The summed E-state index contributed by atoms with van der Waals surface area (Å²) in [5, 5.41) is 3.18. The van der Waals surface area contributed by atoms with Crippen LogP contribution in [0.3, 0.4) is 0 Å². The van der Waals surface area contributed by atoms with Crippen molar-refractivity contribution in [3.05, 3.63) is 0 Å². The molecule has 1 amide bonds. The Bertz CT molecular complexity index is 206. The fourth-order valence-corrected chi connectivity index (χ4v) is 1.42. The van der Waals surface area contributed by atoms with Crippen molar-refractivity contribution < 1.29 is 4.79 Å². The first kappa shape index (κ1) is 15.3. The topological polar surface area (TPSA) is 61.6 Å². The Hall–Kier alpha value is -0.650. The number of hydrogen-bond acceptors (Lipinski definition) is 4. The molecule has 0 aliphatic heterocycles. The highest BCUT2D eigenvalue weighted by Gasteiger charge is 2.15. The van der Waals surface area contributed by atoms with Gasteiger partial charge < -0.3 is 0 Å². The number of hydrogen-bond donors (Lipinski definition) is 2. The summed E-state index contributed by atoms with van der Waals surface area (Å²) in [6, 6.07) is 0. The molecule has 0 atom stereocenters. The van der Waals surface area contributed by atoms with Crippen molar-refractivity contribution in [2.45, 2.75) is 27.7 Å². The SMILES string of the molecule is CNN(CC(=O)N(N)CC(C)C)CC(C)C. The minimum atomic E-state index is -0.0521. The van der Waals surface area contributed by atoms with Gasteiger partial charge in [0.05, 0.1) is 6.54 Å². The van der Waals surface area contributed by atoms with Gasteiger partial charge in [-0.15, -0.1) is 0 Å². The van der Waals surface area contributed by atoms with Crippen LogP contribution in [0.25, 0.3) is 0 Å². The van der Waals surface area contributed by atoms with Gasteiger partial charge in [-0.3, -0.25) is 15.2 Å². The fourth-order valence-electron chi connectivity index (χ4n) is 1.42. The standard InChI is InChI=1S/C11H26N4O/c1-9(2)6-14(13-5)8-11(16)15(12)7-10(3)4/h9-10,13H,6-8,12H2,1-5H3. The molecular formula is C11H26N4O. The van der Waals surface area contributed by atoms with Gasteiger partial charge in [0, 0.05) is 13.1 Å². The van der Waals surface area contributed by atoms with E-state index in [1.165, 1.54) is 5.01 Å². The van der Waals surface area contributed by atoms with Gasteiger partial charge in [0.25, 0.3) is 5.91 Å². The lowest BCUT2D eigenvalue weighted by atomic mass is 10.2. The molecular weight excluding hydrogens is 204 g/mol. The largest absolute Gasteiger partial charge is 0.279 e. The van der Waals surface area contributed by atoms with Gasteiger partial charge in [-0.2, -0.15) is 0 Å². The minimum Gasteiger partial charge on any atom is -0.279 e. The van der Waals surface area contributed by atoms with Gasteiger partial charge in [-0.05, 0) is 18.9 Å². The van der Waals surface area contributed by atoms with E-state index in [4.69, 9.17) is 5.84 Å². The first-order valence-corrected chi connectivity index (χ1v) is 5.84. The summed E-state index contributed by atoms with van der Waals surface area (Å²) in [4.78, 5) is 11.7. The van der Waals surface area contributed by atoms with Crippen molar-refractivity contribution in [1.29, 1.82) is 0 Å². The zero-order valence-corrected chi connectivity index (χ0v) is 11.2. The summed E-state index contributed by atoms with van der Waals surface area (Å²) in [6.07, 6.45) is 0. The number of hydrazine groups is 2. The van der Waals surface area contributed by atoms with Gasteiger partial charge in [0.1, 0.15) is 0 Å². The molecule has 0 radical (unpaired) electrons. The van der Waals surface area contributed by atoms with Crippen LogP contribution in [0.4, 0.5) is 0 Å². The second kappa shape index (κ2) is 7.60. The lowest BCUT2D eigenvalue weighted by Gasteiger charge is -2.26. The van der Waals surface area contributed by atoms with E-state index < -0.39 is 0 Å². The molecule has 0 aromatic heterocycles. The summed E-state index contributed by atoms with van der Waals surface area (Å²) >= 11 is 0. The summed E-state index contributed by atoms with van der Waals surface area (Å²) in [5.41, 5.74) is 3.00. The zero-order valence-electron chi connectivity index (χ0n) is 11.2. The second-order valence-corrected chi connectivity index (χ2v) is 4.94. The van der Waals surface area contributed by atoms with Crippen molar-refractivity contribution in [1.82, 2.24) is 15.4 Å². The first-order chi connectivity index (χ1) is 7.36. The van der Waals surface area contributed by atoms with Crippen LogP contribution in [0.5, 0.6) is 0 Å². The van der Waals surface area contributed by atoms with Crippen LogP contribution in [-0.2, 0) is 4.79 Å². The third kappa shape index (κ3) is 6.76. The van der Waals surface area contributed by atoms with Crippen molar-refractivity contribution in [3.63, 3.8) is 0 Å². The molecule has 0 saturated carbocycles. The molecule has 5 heteroatoms. The van der Waals surface area contributed by atoms with E-state index in [0.29, 0.717) is 24.9 Å². The molecule has 0 rings (SSSR count). The molecule has 0 aliphatic carbocycles. The smallest absolute Gasteiger partial charge is 0.252 e. The quantitative estimate of drug-likeness (QED) is 0.378. The molecule has 16 heavy (non-hydrogen) atoms. The third-order valence-electron chi connectivity index (χ3n) is 2.11. The first-order valence-electron chi connectivity index (χ1n) is 5.84. The van der Waals surface area contributed by atoms with Crippen molar-refractivity contribution >= 4 is 5.91 Å². The highest BCUT2D eigenvalue weighted by Crippen LogP contribution is 1.98. The Balaban J connectivity index is 4.08. The summed E-state index contributed by atoms with van der Waals surface area (Å²) in [6.45, 7) is 10.0. The molecule has 0 fully saturated rings. The lowest BCUT2D eigenvalue weighted by molar-refractivity contribution is -0.134. The average Bonchev–Trinajstić information content (AvgIpc) is 2.14. The predicted octanol–water partition coefficient (Wildman–Crippen LogP) is 0.437. The second-order valence-electron chi connectivity index (χ2n) is 4.94. The molecule has 0 aromatic rings. The van der Waals surface area contributed by atoms with Crippen molar-refractivity contribution in [2.75, 3.05) is 26.7 Å². The Morgan fingerprint density at radius 1 is 1.19 bits per heavy atom. The highest BCUT2D eigenvalue weighted by molar-refractivity contribution is 5.77. The summed E-state index contributed by atoms with van der Waals surface area (Å²) in [7, 11) is 1.82. The number of amides is 1. The van der Waals surface area contributed by atoms with Gasteiger partial charge in [0.2, 0.25) is 0 Å². The normalized spacial score (nSPS) is 11.6. The zero-order chi connectivity index (χ0) is 12.7. The summed E-state index contributed by atoms with van der Waals surface area (Å²) in [5.74, 6) is 6.53. The molecule has 0 aromatic carbocycles. The maximum Gasteiger partial charge on any atom is 0.252 e.